The monoisotopic (exact) mass is 560 g/mol. The van der Waals surface area contributed by atoms with Gasteiger partial charge >= 0.3 is 0 Å². The van der Waals surface area contributed by atoms with Crippen molar-refractivity contribution < 1.29 is 23.9 Å². The molecule has 39 heavy (non-hydrogen) atoms. The second-order valence-electron chi connectivity index (χ2n) is 10.7. The number of thiol groups is 1. The molecule has 0 radical (unpaired) electrons. The Morgan fingerprint density at radius 3 is 2.31 bits per heavy atom. The minimum Gasteiger partial charge on any atom is -0.497 e. The lowest BCUT2D eigenvalue weighted by molar-refractivity contribution is -0.147. The molecule has 2 fully saturated rings. The molecule has 3 rings (SSSR count). The lowest BCUT2D eigenvalue weighted by atomic mass is 9.93. The second kappa shape index (κ2) is 15.1. The van der Waals surface area contributed by atoms with E-state index in [1.165, 1.54) is 0 Å². The van der Waals surface area contributed by atoms with Crippen LogP contribution in [0.3, 0.4) is 0 Å². The average Bonchev–Trinajstić information content (AvgIpc) is 2.95. The number of hydrogen-bond acceptors (Lipinski definition) is 6. The zero-order valence-corrected chi connectivity index (χ0v) is 24.3. The Balaban J connectivity index is 1.95. The Hall–Kier alpha value is -2.75. The number of ether oxygens (including phenoxy) is 1. The largest absolute Gasteiger partial charge is 0.497 e. The standard InChI is InChI=1S/C29H44N4O5S/c1-4-19(2)25-29(37)33-16-8-7-11-24(33)28(36)30-22(10-6-5-9-17-39)26(34)31-23(27(35)32-25)18-20-12-14-21(38-3)15-13-20/h12-15,19,22-25,39H,4-11,16-18H2,1-3H3,(H,30,36)(H,31,34)(H,32,35)/t19?,22-,23+,24+,25-/m0/s1. The Morgan fingerprint density at radius 1 is 0.949 bits per heavy atom. The van der Waals surface area contributed by atoms with Gasteiger partial charge in [-0.25, -0.2) is 0 Å². The number of methoxy groups -OCH3 is 1. The van der Waals surface area contributed by atoms with Gasteiger partial charge in [-0.2, -0.15) is 12.6 Å². The predicted molar refractivity (Wildman–Crippen MR) is 154 cm³/mol. The van der Waals surface area contributed by atoms with Crippen LogP contribution in [0.4, 0.5) is 0 Å². The number of nitrogens with one attached hydrogen (secondary N) is 3. The van der Waals surface area contributed by atoms with Gasteiger partial charge in [0.05, 0.1) is 7.11 Å². The fraction of sp³-hybridized carbons (Fsp3) is 0.655. The number of fused-ring (bicyclic) bond motifs is 1. The minimum atomic E-state index is -0.918. The van der Waals surface area contributed by atoms with Crippen molar-refractivity contribution in [3.63, 3.8) is 0 Å². The summed E-state index contributed by atoms with van der Waals surface area (Å²) in [6.45, 7) is 4.34. The first kappa shape index (κ1) is 30.8. The molecule has 4 amide bonds. The summed E-state index contributed by atoms with van der Waals surface area (Å²) in [6, 6.07) is 4.14. The molecule has 0 aromatic heterocycles. The van der Waals surface area contributed by atoms with E-state index in [-0.39, 0.29) is 24.2 Å². The van der Waals surface area contributed by atoms with Crippen molar-refractivity contribution in [2.45, 2.75) is 95.8 Å². The molecule has 0 bridgehead atoms. The highest BCUT2D eigenvalue weighted by Gasteiger charge is 2.40. The van der Waals surface area contributed by atoms with Crippen molar-refractivity contribution >= 4 is 36.3 Å². The van der Waals surface area contributed by atoms with Gasteiger partial charge in [0.1, 0.15) is 29.9 Å². The van der Waals surface area contributed by atoms with E-state index in [4.69, 9.17) is 4.74 Å². The van der Waals surface area contributed by atoms with Gasteiger partial charge in [-0.3, -0.25) is 19.2 Å². The topological polar surface area (TPSA) is 117 Å². The van der Waals surface area contributed by atoms with Crippen molar-refractivity contribution in [3.8, 4) is 5.75 Å². The summed E-state index contributed by atoms with van der Waals surface area (Å²) in [4.78, 5) is 56.2. The number of carbonyl (C=O) groups is 4. The molecule has 0 spiro atoms. The summed E-state index contributed by atoms with van der Waals surface area (Å²) in [5, 5.41) is 8.80. The third-order valence-electron chi connectivity index (χ3n) is 7.88. The van der Waals surface area contributed by atoms with Crippen molar-refractivity contribution in [2.24, 2.45) is 5.92 Å². The molecular weight excluding hydrogens is 516 g/mol. The predicted octanol–water partition coefficient (Wildman–Crippen LogP) is 2.62. The molecule has 3 N–H and O–H groups in total. The molecule has 5 atom stereocenters. The summed E-state index contributed by atoms with van der Waals surface area (Å²) in [5.41, 5.74) is 0.834. The summed E-state index contributed by atoms with van der Waals surface area (Å²) >= 11 is 4.26. The van der Waals surface area contributed by atoms with Gasteiger partial charge in [0.2, 0.25) is 23.6 Å². The van der Waals surface area contributed by atoms with Crippen LogP contribution in [-0.4, -0.2) is 72.1 Å². The van der Waals surface area contributed by atoms with E-state index in [0.717, 1.165) is 43.4 Å². The number of benzene rings is 1. The maximum absolute atomic E-state index is 13.8. The van der Waals surface area contributed by atoms with E-state index in [2.05, 4.69) is 28.6 Å². The number of piperidine rings is 1. The van der Waals surface area contributed by atoms with Crippen LogP contribution < -0.4 is 20.7 Å². The van der Waals surface area contributed by atoms with Gasteiger partial charge < -0.3 is 25.6 Å². The lowest BCUT2D eigenvalue weighted by Gasteiger charge is -2.39. The van der Waals surface area contributed by atoms with Crippen LogP contribution in [0.15, 0.2) is 24.3 Å². The minimum absolute atomic E-state index is 0.146. The summed E-state index contributed by atoms with van der Waals surface area (Å²) in [6.07, 6.45) is 6.03. The van der Waals surface area contributed by atoms with E-state index in [0.29, 0.717) is 31.6 Å². The van der Waals surface area contributed by atoms with Gasteiger partial charge in [0.25, 0.3) is 0 Å². The maximum atomic E-state index is 13.8. The van der Waals surface area contributed by atoms with Gasteiger partial charge in [-0.15, -0.1) is 0 Å². The molecule has 2 aliphatic heterocycles. The Labute approximate surface area is 237 Å². The van der Waals surface area contributed by atoms with Crippen molar-refractivity contribution in [3.05, 3.63) is 29.8 Å². The molecule has 9 nitrogen and oxygen atoms in total. The Kier molecular flexibility index (Phi) is 12.0. The summed E-state index contributed by atoms with van der Waals surface area (Å²) in [7, 11) is 1.58. The zero-order chi connectivity index (χ0) is 28.4. The molecule has 1 aromatic carbocycles. The van der Waals surface area contributed by atoms with E-state index in [1.807, 2.05) is 26.0 Å². The zero-order valence-electron chi connectivity index (χ0n) is 23.4. The quantitative estimate of drug-likeness (QED) is 0.259. The van der Waals surface area contributed by atoms with Crippen LogP contribution in [0.25, 0.3) is 0 Å². The SMILES string of the molecule is CCC(C)[C@@H]1NC(=O)[C@@H](Cc2ccc(OC)cc2)NC(=O)[C@H](CCCCCS)NC(=O)[C@H]2CCCCN2C1=O. The van der Waals surface area contributed by atoms with Crippen LogP contribution in [0.5, 0.6) is 5.75 Å². The van der Waals surface area contributed by atoms with E-state index < -0.39 is 36.0 Å². The van der Waals surface area contributed by atoms with Crippen LogP contribution in [-0.2, 0) is 25.6 Å². The molecule has 0 aliphatic carbocycles. The Bertz CT molecular complexity index is 988. The number of rotatable bonds is 10. The molecule has 1 aromatic rings. The normalized spacial score (nSPS) is 25.4. The van der Waals surface area contributed by atoms with E-state index >= 15 is 0 Å². The second-order valence-corrected chi connectivity index (χ2v) is 11.1. The summed E-state index contributed by atoms with van der Waals surface area (Å²) < 4.78 is 5.24. The molecule has 1 unspecified atom stereocenters. The smallest absolute Gasteiger partial charge is 0.246 e. The molecule has 2 saturated heterocycles. The third kappa shape index (κ3) is 8.37. The highest BCUT2D eigenvalue weighted by Crippen LogP contribution is 2.22. The fourth-order valence-electron chi connectivity index (χ4n) is 5.24. The van der Waals surface area contributed by atoms with Gasteiger partial charge in [-0.05, 0) is 61.5 Å². The number of unbranched alkanes of at least 4 members (excludes halogenated alkanes) is 2. The molecule has 2 aliphatic rings. The van der Waals surface area contributed by atoms with Crippen LogP contribution in [0.2, 0.25) is 0 Å². The molecular formula is C29H44N4O5S. The lowest BCUT2D eigenvalue weighted by Crippen LogP contribution is -2.64. The van der Waals surface area contributed by atoms with Crippen molar-refractivity contribution in [1.29, 1.82) is 0 Å². The average molecular weight is 561 g/mol. The number of carbonyl (C=O) groups excluding carboxylic acids is 4. The number of nitrogens with zero attached hydrogens (tertiary/aromatic N) is 1. The fourth-order valence-corrected chi connectivity index (χ4v) is 5.46. The first-order chi connectivity index (χ1) is 18.8. The van der Waals surface area contributed by atoms with Crippen LogP contribution in [0, 0.1) is 5.92 Å². The Morgan fingerprint density at radius 2 is 1.64 bits per heavy atom. The highest BCUT2D eigenvalue weighted by molar-refractivity contribution is 7.80. The van der Waals surface area contributed by atoms with E-state index in [1.54, 1.807) is 24.1 Å². The maximum Gasteiger partial charge on any atom is 0.246 e. The third-order valence-corrected chi connectivity index (χ3v) is 8.20. The summed E-state index contributed by atoms with van der Waals surface area (Å²) in [5.74, 6) is -0.0503. The number of hydrogen-bond donors (Lipinski definition) is 4. The molecule has 10 heteroatoms. The number of amides is 4. The van der Waals surface area contributed by atoms with Gasteiger partial charge in [0.15, 0.2) is 0 Å². The molecule has 216 valence electrons. The molecule has 0 saturated carbocycles. The van der Waals surface area contributed by atoms with Gasteiger partial charge in [0, 0.05) is 13.0 Å². The van der Waals surface area contributed by atoms with Crippen LogP contribution in [0.1, 0.15) is 70.8 Å². The van der Waals surface area contributed by atoms with E-state index in [9.17, 15) is 19.2 Å². The molecule has 2 heterocycles. The van der Waals surface area contributed by atoms with Gasteiger partial charge in [-0.1, -0.05) is 45.2 Å². The van der Waals surface area contributed by atoms with Crippen LogP contribution >= 0.6 is 12.6 Å². The first-order valence-corrected chi connectivity index (χ1v) is 14.9. The first-order valence-electron chi connectivity index (χ1n) is 14.2. The highest BCUT2D eigenvalue weighted by atomic mass is 32.1. The van der Waals surface area contributed by atoms with Crippen molar-refractivity contribution in [2.75, 3.05) is 19.4 Å². The van der Waals surface area contributed by atoms with Crippen molar-refractivity contribution in [1.82, 2.24) is 20.9 Å².